The number of hydrogen-bond acceptors (Lipinski definition) is 8. The van der Waals surface area contributed by atoms with Crippen LogP contribution in [-0.2, 0) is 27.3 Å². The summed E-state index contributed by atoms with van der Waals surface area (Å²) in [6.45, 7) is 6.99. The number of esters is 1. The van der Waals surface area contributed by atoms with E-state index in [0.717, 1.165) is 4.90 Å². The largest absolute Gasteiger partial charge is 0.490 e. The molecule has 1 atom stereocenters. The van der Waals surface area contributed by atoms with Gasteiger partial charge in [0.05, 0.1) is 20.3 Å². The molecule has 0 unspecified atom stereocenters. The number of ether oxygens (including phenoxy) is 3. The Morgan fingerprint density at radius 1 is 1.28 bits per heavy atom. The van der Waals surface area contributed by atoms with E-state index in [1.807, 2.05) is 0 Å². The van der Waals surface area contributed by atoms with E-state index in [0.29, 0.717) is 17.5 Å². The molecule has 3 rings (SSSR count). The molecule has 11 nitrogen and oxygen atoms in total. The highest BCUT2D eigenvalue weighted by Gasteiger charge is 2.34. The summed E-state index contributed by atoms with van der Waals surface area (Å²) in [5.41, 5.74) is 1.12. The lowest BCUT2D eigenvalue weighted by atomic mass is 10.0. The fourth-order valence-electron chi connectivity index (χ4n) is 3.41. The topological polar surface area (TPSA) is 145 Å². The number of hydrogen-bond donors (Lipinski definition) is 2. The van der Waals surface area contributed by atoms with E-state index in [2.05, 4.69) is 16.6 Å². The van der Waals surface area contributed by atoms with Gasteiger partial charge in [-0.1, -0.05) is 6.08 Å². The Balaban J connectivity index is 1.91. The van der Waals surface area contributed by atoms with Crippen LogP contribution in [0.1, 0.15) is 41.3 Å². The number of carbonyl (C=O) groups excluding carboxylic acids is 3. The molecule has 2 N–H and O–H groups in total. The molecular weight excluding hydrogens is 472 g/mol. The van der Waals surface area contributed by atoms with Gasteiger partial charge in [0.2, 0.25) is 5.76 Å². The molecule has 190 valence electrons. The maximum absolute atomic E-state index is 12.9. The monoisotopic (exact) mass is 498 g/mol. The van der Waals surface area contributed by atoms with Gasteiger partial charge in [-0.3, -0.25) is 9.69 Å². The van der Waals surface area contributed by atoms with Gasteiger partial charge in [-0.05, 0) is 56.2 Å². The van der Waals surface area contributed by atoms with Crippen molar-refractivity contribution < 1.29 is 42.9 Å². The standard InChI is InChI=1S/C25H26N2O9/c1-5-7-16-10-15(12-20(34-6-2)21(16)35-14(3)23(29)30)11-18-22(28)27(25(32)26-18)13-17-8-9-19(36-17)24(31)33-4/h5,8-12,14H,1,6-7,13H2,2-4H3,(H,26,32)(H,29,30)/b18-11-/t14-/m1/s1. The van der Waals surface area contributed by atoms with E-state index in [1.165, 1.54) is 32.2 Å². The number of aliphatic carboxylic acids is 1. The first-order valence-corrected chi connectivity index (χ1v) is 11.0. The highest BCUT2D eigenvalue weighted by Crippen LogP contribution is 2.35. The van der Waals surface area contributed by atoms with E-state index in [4.69, 9.17) is 13.9 Å². The number of methoxy groups -OCH3 is 1. The number of urea groups is 1. The number of carboxylic acid groups (broad SMARTS) is 1. The minimum atomic E-state index is -1.14. The van der Waals surface area contributed by atoms with Crippen molar-refractivity contribution >= 4 is 30.0 Å². The van der Waals surface area contributed by atoms with Crippen LogP contribution < -0.4 is 14.8 Å². The van der Waals surface area contributed by atoms with Crippen molar-refractivity contribution in [3.63, 3.8) is 0 Å². The molecule has 1 aliphatic heterocycles. The number of amides is 3. The van der Waals surface area contributed by atoms with Crippen molar-refractivity contribution in [1.29, 1.82) is 0 Å². The van der Waals surface area contributed by atoms with Crippen LogP contribution in [0.3, 0.4) is 0 Å². The summed E-state index contributed by atoms with van der Waals surface area (Å²) in [6.07, 6.45) is 2.31. The third kappa shape index (κ3) is 5.74. The van der Waals surface area contributed by atoms with Crippen LogP contribution in [0, 0.1) is 0 Å². The highest BCUT2D eigenvalue weighted by atomic mass is 16.5. The molecule has 2 heterocycles. The maximum atomic E-state index is 12.9. The Morgan fingerprint density at radius 2 is 2.03 bits per heavy atom. The summed E-state index contributed by atoms with van der Waals surface area (Å²) >= 11 is 0. The molecule has 1 fully saturated rings. The van der Waals surface area contributed by atoms with Gasteiger partial charge in [0, 0.05) is 5.56 Å². The van der Waals surface area contributed by atoms with Crippen LogP contribution in [0.15, 0.2) is 47.0 Å². The van der Waals surface area contributed by atoms with Gasteiger partial charge in [0.1, 0.15) is 11.5 Å². The van der Waals surface area contributed by atoms with Crippen LogP contribution in [-0.4, -0.2) is 53.7 Å². The number of rotatable bonds is 11. The van der Waals surface area contributed by atoms with Crippen LogP contribution in [0.2, 0.25) is 0 Å². The molecule has 1 aromatic heterocycles. The summed E-state index contributed by atoms with van der Waals surface area (Å²) < 4.78 is 21.2. The SMILES string of the molecule is C=CCc1cc(/C=C2\NC(=O)N(Cc3ccc(C(=O)OC)o3)C2=O)cc(OCC)c1O[C@H](C)C(=O)O. The Kier molecular flexibility index (Phi) is 8.15. The first kappa shape index (κ1) is 26.1. The molecule has 0 radical (unpaired) electrons. The quantitative estimate of drug-likeness (QED) is 0.207. The Morgan fingerprint density at radius 3 is 2.67 bits per heavy atom. The second kappa shape index (κ2) is 11.3. The van der Waals surface area contributed by atoms with E-state index in [9.17, 15) is 24.3 Å². The second-order valence-corrected chi connectivity index (χ2v) is 7.67. The van der Waals surface area contributed by atoms with Crippen molar-refractivity contribution in [1.82, 2.24) is 10.2 Å². The van der Waals surface area contributed by atoms with E-state index in [1.54, 1.807) is 25.1 Å². The third-order valence-electron chi connectivity index (χ3n) is 5.10. The molecule has 0 aliphatic carbocycles. The number of imide groups is 1. The summed E-state index contributed by atoms with van der Waals surface area (Å²) in [6, 6.07) is 5.49. The molecular formula is C25H26N2O9. The summed E-state index contributed by atoms with van der Waals surface area (Å²) in [5.74, 6) is -1.69. The maximum Gasteiger partial charge on any atom is 0.373 e. The molecule has 2 aromatic rings. The predicted molar refractivity (Wildman–Crippen MR) is 126 cm³/mol. The van der Waals surface area contributed by atoms with Crippen molar-refractivity contribution in [2.24, 2.45) is 0 Å². The summed E-state index contributed by atoms with van der Waals surface area (Å²) in [7, 11) is 1.21. The fraction of sp³-hybridized carbons (Fsp3) is 0.280. The lowest BCUT2D eigenvalue weighted by Gasteiger charge is -2.19. The van der Waals surface area contributed by atoms with Gasteiger partial charge in [0.25, 0.3) is 5.91 Å². The molecule has 1 saturated heterocycles. The number of carboxylic acids is 1. The average molecular weight is 498 g/mol. The zero-order valence-corrected chi connectivity index (χ0v) is 20.0. The normalized spacial score (nSPS) is 15.0. The zero-order valence-electron chi connectivity index (χ0n) is 20.0. The first-order chi connectivity index (χ1) is 17.2. The van der Waals surface area contributed by atoms with Gasteiger partial charge in [-0.2, -0.15) is 0 Å². The molecule has 1 aliphatic rings. The lowest BCUT2D eigenvalue weighted by molar-refractivity contribution is -0.144. The molecule has 11 heteroatoms. The fourth-order valence-corrected chi connectivity index (χ4v) is 3.41. The number of furan rings is 1. The van der Waals surface area contributed by atoms with Crippen molar-refractivity contribution in [2.75, 3.05) is 13.7 Å². The van der Waals surface area contributed by atoms with Crippen molar-refractivity contribution in [3.8, 4) is 11.5 Å². The van der Waals surface area contributed by atoms with Crippen molar-refractivity contribution in [3.05, 3.63) is 65.3 Å². The van der Waals surface area contributed by atoms with Crippen molar-refractivity contribution in [2.45, 2.75) is 32.9 Å². The summed E-state index contributed by atoms with van der Waals surface area (Å²) in [5, 5.41) is 11.8. The number of benzene rings is 1. The van der Waals surface area contributed by atoms with Gasteiger partial charge in [0.15, 0.2) is 17.6 Å². The minimum Gasteiger partial charge on any atom is -0.490 e. The Hall–Kier alpha value is -4.54. The van der Waals surface area contributed by atoms with Gasteiger partial charge in [-0.25, -0.2) is 14.4 Å². The van der Waals surface area contributed by atoms with E-state index in [-0.39, 0.29) is 41.9 Å². The average Bonchev–Trinajstić information content (AvgIpc) is 3.41. The lowest BCUT2D eigenvalue weighted by Crippen LogP contribution is -2.30. The Bertz CT molecular complexity index is 1230. The van der Waals surface area contributed by atoms with Crippen LogP contribution >= 0.6 is 0 Å². The molecule has 3 amide bonds. The van der Waals surface area contributed by atoms with E-state index < -0.39 is 30.0 Å². The molecule has 0 saturated carbocycles. The smallest absolute Gasteiger partial charge is 0.373 e. The van der Waals surface area contributed by atoms with E-state index >= 15 is 0 Å². The van der Waals surface area contributed by atoms with Gasteiger partial charge in [-0.15, -0.1) is 6.58 Å². The summed E-state index contributed by atoms with van der Waals surface area (Å²) in [4.78, 5) is 49.2. The number of allylic oxidation sites excluding steroid dienone is 1. The van der Waals surface area contributed by atoms with Gasteiger partial charge >= 0.3 is 18.0 Å². The molecule has 36 heavy (non-hydrogen) atoms. The highest BCUT2D eigenvalue weighted by molar-refractivity contribution is 6.13. The molecule has 1 aromatic carbocycles. The van der Waals surface area contributed by atoms with Crippen LogP contribution in [0.4, 0.5) is 4.79 Å². The second-order valence-electron chi connectivity index (χ2n) is 7.67. The third-order valence-corrected chi connectivity index (χ3v) is 5.10. The Labute approximate surface area is 206 Å². The first-order valence-electron chi connectivity index (χ1n) is 11.0. The predicted octanol–water partition coefficient (Wildman–Crippen LogP) is 3.14. The molecule has 0 bridgehead atoms. The number of nitrogens with one attached hydrogen (secondary N) is 1. The molecule has 0 spiro atoms. The van der Waals surface area contributed by atoms with Crippen LogP contribution in [0.25, 0.3) is 6.08 Å². The zero-order chi connectivity index (χ0) is 26.4. The number of carbonyl (C=O) groups is 4. The van der Waals surface area contributed by atoms with Gasteiger partial charge < -0.3 is 29.1 Å². The van der Waals surface area contributed by atoms with Crippen LogP contribution in [0.5, 0.6) is 11.5 Å². The number of nitrogens with zero attached hydrogens (tertiary/aromatic N) is 1. The minimum absolute atomic E-state index is 0.0133.